The third-order valence-corrected chi connectivity index (χ3v) is 4.97. The molecule has 0 unspecified atom stereocenters. The molecule has 1 fully saturated rings. The maximum Gasteiger partial charge on any atom is 0.339 e. The van der Waals surface area contributed by atoms with E-state index < -0.39 is 5.63 Å². The van der Waals surface area contributed by atoms with Gasteiger partial charge in [0.25, 0.3) is 0 Å². The van der Waals surface area contributed by atoms with E-state index in [1.54, 1.807) is 30.0 Å². The summed E-state index contributed by atoms with van der Waals surface area (Å²) in [6.07, 6.45) is 1.78. The quantitative estimate of drug-likeness (QED) is 0.776. The molecule has 3 rings (SSSR count). The number of carbonyl (C=O) groups is 1. The second-order valence-electron chi connectivity index (χ2n) is 6.62. The van der Waals surface area contributed by atoms with Crippen molar-refractivity contribution in [3.05, 3.63) is 62.9 Å². The second-order valence-corrected chi connectivity index (χ2v) is 7.03. The summed E-state index contributed by atoms with van der Waals surface area (Å²) in [5, 5.41) is 0.345. The van der Waals surface area contributed by atoms with Crippen molar-refractivity contribution in [1.29, 1.82) is 0 Å². The number of halogens is 2. The highest BCUT2D eigenvalue weighted by Crippen LogP contribution is 2.22. The molecule has 27 heavy (non-hydrogen) atoms. The summed E-state index contributed by atoms with van der Waals surface area (Å²) in [5.74, 6) is 0.577. The normalized spacial score (nSPS) is 15.0. The van der Waals surface area contributed by atoms with Crippen LogP contribution in [0.15, 0.2) is 39.5 Å². The summed E-state index contributed by atoms with van der Waals surface area (Å²) in [6, 6.07) is 7.52. The lowest BCUT2D eigenvalue weighted by Crippen LogP contribution is -2.41. The zero-order valence-corrected chi connectivity index (χ0v) is 15.8. The summed E-state index contributed by atoms with van der Waals surface area (Å²) in [6.45, 7) is 2.82. The van der Waals surface area contributed by atoms with Gasteiger partial charge >= 0.3 is 5.63 Å². The summed E-state index contributed by atoms with van der Waals surface area (Å²) in [7, 11) is 0. The molecule has 0 radical (unpaired) electrons. The molecule has 1 amide bonds. The van der Waals surface area contributed by atoms with Crippen molar-refractivity contribution in [2.45, 2.75) is 38.7 Å². The lowest BCUT2D eigenvalue weighted by Gasteiger charge is -2.32. The minimum absolute atomic E-state index is 0.0241. The van der Waals surface area contributed by atoms with Gasteiger partial charge in [-0.05, 0) is 25.5 Å². The first-order valence-electron chi connectivity index (χ1n) is 8.91. The molecule has 1 aromatic heterocycles. The number of rotatable bonds is 5. The van der Waals surface area contributed by atoms with E-state index in [-0.39, 0.29) is 30.7 Å². The van der Waals surface area contributed by atoms with E-state index in [1.165, 1.54) is 12.1 Å². The van der Waals surface area contributed by atoms with E-state index in [2.05, 4.69) is 0 Å². The number of benzene rings is 1. The fraction of sp³-hybridized carbons (Fsp3) is 0.400. The van der Waals surface area contributed by atoms with Crippen molar-refractivity contribution in [3.63, 3.8) is 0 Å². The number of amides is 1. The maximum absolute atomic E-state index is 13.8. The van der Waals surface area contributed by atoms with E-state index in [9.17, 15) is 14.0 Å². The van der Waals surface area contributed by atoms with Crippen molar-refractivity contribution >= 4 is 17.5 Å². The molecule has 0 aliphatic carbocycles. The molecule has 0 bridgehead atoms. The van der Waals surface area contributed by atoms with E-state index in [0.717, 1.165) is 0 Å². The fourth-order valence-corrected chi connectivity index (χ4v) is 3.48. The number of hydrogen-bond acceptors (Lipinski definition) is 4. The number of carbonyl (C=O) groups excluding carboxylic acids is 1. The molecule has 0 saturated carbocycles. The highest BCUT2D eigenvalue weighted by atomic mass is 35.5. The van der Waals surface area contributed by atoms with Crippen LogP contribution in [-0.4, -0.2) is 30.0 Å². The number of likely N-dealkylation sites (tertiary alicyclic amines) is 1. The molecule has 1 aliphatic heterocycles. The Morgan fingerprint density at radius 2 is 2.07 bits per heavy atom. The zero-order valence-electron chi connectivity index (χ0n) is 15.0. The Bertz CT molecular complexity index is 854. The van der Waals surface area contributed by atoms with Crippen molar-refractivity contribution in [2.24, 2.45) is 0 Å². The molecular formula is C20H21ClFNO4. The molecule has 2 heterocycles. The molecule has 144 valence electrons. The minimum Gasteiger partial charge on any atom is -0.490 e. The van der Waals surface area contributed by atoms with Gasteiger partial charge in [0.05, 0.1) is 6.07 Å². The smallest absolute Gasteiger partial charge is 0.339 e. The van der Waals surface area contributed by atoms with Crippen molar-refractivity contribution in [3.8, 4) is 5.75 Å². The average molecular weight is 394 g/mol. The number of aryl methyl sites for hydroxylation is 1. The lowest BCUT2D eigenvalue weighted by molar-refractivity contribution is -0.132. The van der Waals surface area contributed by atoms with Gasteiger partial charge in [0.2, 0.25) is 5.91 Å². The van der Waals surface area contributed by atoms with Crippen LogP contribution >= 0.6 is 11.6 Å². The predicted octanol–water partition coefficient (Wildman–Crippen LogP) is 3.74. The maximum atomic E-state index is 13.8. The third kappa shape index (κ3) is 5.10. The minimum atomic E-state index is -0.440. The van der Waals surface area contributed by atoms with Crippen LogP contribution in [-0.2, 0) is 11.2 Å². The van der Waals surface area contributed by atoms with Crippen LogP contribution in [0.3, 0.4) is 0 Å². The molecule has 0 N–H and O–H groups in total. The number of hydrogen-bond donors (Lipinski definition) is 0. The van der Waals surface area contributed by atoms with Crippen LogP contribution in [0.2, 0.25) is 5.02 Å². The van der Waals surface area contributed by atoms with Crippen LogP contribution in [0.25, 0.3) is 0 Å². The largest absolute Gasteiger partial charge is 0.490 e. The van der Waals surface area contributed by atoms with Gasteiger partial charge in [-0.3, -0.25) is 4.79 Å². The molecule has 1 saturated heterocycles. The summed E-state index contributed by atoms with van der Waals surface area (Å²) in [4.78, 5) is 25.6. The zero-order chi connectivity index (χ0) is 19.4. The summed E-state index contributed by atoms with van der Waals surface area (Å²) >= 11 is 6.01. The van der Waals surface area contributed by atoms with Crippen molar-refractivity contribution < 1.29 is 18.3 Å². The van der Waals surface area contributed by atoms with Crippen molar-refractivity contribution in [1.82, 2.24) is 4.90 Å². The van der Waals surface area contributed by atoms with E-state index in [0.29, 0.717) is 48.0 Å². The first-order chi connectivity index (χ1) is 12.9. The van der Waals surface area contributed by atoms with Crippen LogP contribution < -0.4 is 10.4 Å². The van der Waals surface area contributed by atoms with E-state index in [1.807, 2.05) is 0 Å². The van der Waals surface area contributed by atoms with Gasteiger partial charge in [-0.2, -0.15) is 0 Å². The van der Waals surface area contributed by atoms with Crippen LogP contribution in [0.5, 0.6) is 5.75 Å². The monoisotopic (exact) mass is 393 g/mol. The summed E-state index contributed by atoms with van der Waals surface area (Å²) < 4.78 is 24.6. The molecule has 1 aliphatic rings. The van der Waals surface area contributed by atoms with Gasteiger partial charge in [0.15, 0.2) is 0 Å². The highest BCUT2D eigenvalue weighted by Gasteiger charge is 2.24. The molecule has 0 spiro atoms. The molecular weight excluding hydrogens is 373 g/mol. The lowest BCUT2D eigenvalue weighted by atomic mass is 10.1. The Kier molecular flexibility index (Phi) is 6.16. The Balaban J connectivity index is 1.50. The van der Waals surface area contributed by atoms with Gasteiger partial charge < -0.3 is 14.1 Å². The second kappa shape index (κ2) is 8.57. The van der Waals surface area contributed by atoms with E-state index >= 15 is 0 Å². The fourth-order valence-electron chi connectivity index (χ4n) is 3.22. The van der Waals surface area contributed by atoms with Gasteiger partial charge in [-0.1, -0.05) is 17.7 Å². The molecule has 2 aromatic rings. The topological polar surface area (TPSA) is 59.8 Å². The van der Waals surface area contributed by atoms with Crippen LogP contribution in [0.4, 0.5) is 4.39 Å². The highest BCUT2D eigenvalue weighted by molar-refractivity contribution is 6.31. The van der Waals surface area contributed by atoms with Gasteiger partial charge in [-0.25, -0.2) is 9.18 Å². The summed E-state index contributed by atoms with van der Waals surface area (Å²) in [5.41, 5.74) is -0.0616. The Labute approximate surface area is 161 Å². The number of ether oxygens (including phenoxy) is 1. The SMILES string of the molecule is Cc1cc(OC2CCN(C(=O)CCc3c(F)cccc3Cl)CC2)cc(=O)o1. The Morgan fingerprint density at radius 1 is 1.33 bits per heavy atom. The van der Waals surface area contributed by atoms with Crippen LogP contribution in [0, 0.1) is 12.7 Å². The molecule has 1 aromatic carbocycles. The first-order valence-corrected chi connectivity index (χ1v) is 9.29. The first kappa shape index (κ1) is 19.4. The van der Waals surface area contributed by atoms with E-state index in [4.69, 9.17) is 20.8 Å². The number of nitrogens with zero attached hydrogens (tertiary/aromatic N) is 1. The standard InChI is InChI=1S/C20H21ClFNO4/c1-13-11-15(12-20(25)26-13)27-14-7-9-23(10-8-14)19(24)6-5-16-17(21)3-2-4-18(16)22/h2-4,11-12,14H,5-10H2,1H3. The Morgan fingerprint density at radius 3 is 2.74 bits per heavy atom. The average Bonchev–Trinajstić information content (AvgIpc) is 2.61. The molecule has 7 heteroatoms. The van der Waals surface area contributed by atoms with Gasteiger partial charge in [0, 0.05) is 49.0 Å². The third-order valence-electron chi connectivity index (χ3n) is 4.62. The molecule has 5 nitrogen and oxygen atoms in total. The van der Waals surface area contributed by atoms with Crippen LogP contribution in [0.1, 0.15) is 30.6 Å². The van der Waals surface area contributed by atoms with Gasteiger partial charge in [0.1, 0.15) is 23.4 Å². The number of piperidine rings is 1. The van der Waals surface area contributed by atoms with Gasteiger partial charge in [-0.15, -0.1) is 0 Å². The Hall–Kier alpha value is -2.34. The predicted molar refractivity (Wildman–Crippen MR) is 99.7 cm³/mol. The molecule has 0 atom stereocenters. The van der Waals surface area contributed by atoms with Crippen molar-refractivity contribution in [2.75, 3.05) is 13.1 Å².